The van der Waals surface area contributed by atoms with Crippen molar-refractivity contribution in [1.29, 1.82) is 0 Å². The number of nitrogens with one attached hydrogen (secondary N) is 2. The molecule has 22 heavy (non-hydrogen) atoms. The van der Waals surface area contributed by atoms with Crippen LogP contribution in [-0.2, 0) is 4.79 Å². The van der Waals surface area contributed by atoms with Crippen LogP contribution in [0.4, 0.5) is 10.1 Å². The number of primary amides is 1. The SMILES string of the molecule is CNc1nc(C(N)=O)c(NC(=O)[C@@H](C)Oc2ccccc2)s1. The van der Waals surface area contributed by atoms with E-state index in [2.05, 4.69) is 15.6 Å². The molecule has 0 saturated heterocycles. The van der Waals surface area contributed by atoms with Gasteiger partial charge >= 0.3 is 0 Å². The zero-order valence-corrected chi connectivity index (χ0v) is 12.9. The maximum absolute atomic E-state index is 12.2. The zero-order chi connectivity index (χ0) is 16.1. The first kappa shape index (κ1) is 15.8. The highest BCUT2D eigenvalue weighted by molar-refractivity contribution is 7.20. The van der Waals surface area contributed by atoms with Crippen molar-refractivity contribution in [3.05, 3.63) is 36.0 Å². The summed E-state index contributed by atoms with van der Waals surface area (Å²) < 4.78 is 5.52. The van der Waals surface area contributed by atoms with Gasteiger partial charge in [-0.15, -0.1) is 0 Å². The van der Waals surface area contributed by atoms with Crippen molar-refractivity contribution in [3.8, 4) is 5.75 Å². The van der Waals surface area contributed by atoms with Crippen LogP contribution in [0.1, 0.15) is 17.4 Å². The number of ether oxygens (including phenoxy) is 1. The van der Waals surface area contributed by atoms with E-state index in [1.165, 1.54) is 0 Å². The first-order chi connectivity index (χ1) is 10.5. The molecule has 0 spiro atoms. The zero-order valence-electron chi connectivity index (χ0n) is 12.1. The highest BCUT2D eigenvalue weighted by atomic mass is 32.1. The third kappa shape index (κ3) is 3.73. The number of carbonyl (C=O) groups is 2. The first-order valence-electron chi connectivity index (χ1n) is 6.52. The van der Waals surface area contributed by atoms with E-state index in [0.29, 0.717) is 15.9 Å². The fourth-order valence-electron chi connectivity index (χ4n) is 1.65. The van der Waals surface area contributed by atoms with Crippen LogP contribution in [0.5, 0.6) is 5.75 Å². The monoisotopic (exact) mass is 320 g/mol. The van der Waals surface area contributed by atoms with E-state index in [9.17, 15) is 9.59 Å². The minimum atomic E-state index is -0.733. The highest BCUT2D eigenvalue weighted by Crippen LogP contribution is 2.28. The summed E-state index contributed by atoms with van der Waals surface area (Å²) >= 11 is 1.13. The van der Waals surface area contributed by atoms with Crippen molar-refractivity contribution >= 4 is 33.3 Å². The van der Waals surface area contributed by atoms with Crippen LogP contribution in [0.2, 0.25) is 0 Å². The number of nitrogens with zero attached hydrogens (tertiary/aromatic N) is 1. The predicted molar refractivity (Wildman–Crippen MR) is 85.3 cm³/mol. The minimum Gasteiger partial charge on any atom is -0.481 e. The standard InChI is InChI=1S/C14H16N4O3S/c1-8(21-9-6-4-3-5-7-9)12(20)18-13-10(11(15)19)17-14(16-2)22-13/h3-8H,1-2H3,(H2,15,19)(H,16,17)(H,18,20)/t8-/m1/s1. The quantitative estimate of drug-likeness (QED) is 0.751. The summed E-state index contributed by atoms with van der Waals surface area (Å²) in [5.41, 5.74) is 5.28. The second-order valence-corrected chi connectivity index (χ2v) is 5.37. The van der Waals surface area contributed by atoms with E-state index < -0.39 is 17.9 Å². The van der Waals surface area contributed by atoms with Gasteiger partial charge in [0, 0.05) is 7.05 Å². The molecule has 8 heteroatoms. The molecular formula is C14H16N4O3S. The number of amides is 2. The molecule has 1 aromatic heterocycles. The molecule has 0 aliphatic heterocycles. The summed E-state index contributed by atoms with van der Waals surface area (Å²) in [7, 11) is 1.66. The van der Waals surface area contributed by atoms with Gasteiger partial charge in [0.25, 0.3) is 11.8 Å². The Morgan fingerprint density at radius 1 is 1.32 bits per heavy atom. The van der Waals surface area contributed by atoms with Gasteiger partial charge in [0.1, 0.15) is 10.8 Å². The third-order valence-corrected chi connectivity index (χ3v) is 3.72. The van der Waals surface area contributed by atoms with Crippen LogP contribution < -0.4 is 21.1 Å². The lowest BCUT2D eigenvalue weighted by atomic mass is 10.3. The van der Waals surface area contributed by atoms with Gasteiger partial charge in [-0.2, -0.15) is 0 Å². The molecule has 0 aliphatic rings. The fourth-order valence-corrected chi connectivity index (χ4v) is 2.48. The molecule has 0 aliphatic carbocycles. The Morgan fingerprint density at radius 3 is 2.59 bits per heavy atom. The summed E-state index contributed by atoms with van der Waals surface area (Å²) in [5.74, 6) is -0.511. The Morgan fingerprint density at radius 2 is 2.00 bits per heavy atom. The lowest BCUT2D eigenvalue weighted by Crippen LogP contribution is -2.30. The Bertz CT molecular complexity index is 672. The predicted octanol–water partition coefficient (Wildman–Crippen LogP) is 1.69. The third-order valence-electron chi connectivity index (χ3n) is 2.74. The number of hydrogen-bond acceptors (Lipinski definition) is 6. The van der Waals surface area contributed by atoms with Crippen LogP contribution in [0.15, 0.2) is 30.3 Å². The highest BCUT2D eigenvalue weighted by Gasteiger charge is 2.21. The topological polar surface area (TPSA) is 106 Å². The van der Waals surface area contributed by atoms with Gasteiger partial charge in [0.2, 0.25) is 0 Å². The number of nitrogens with two attached hydrogens (primary N) is 1. The van der Waals surface area contributed by atoms with Crippen molar-refractivity contribution in [2.45, 2.75) is 13.0 Å². The maximum Gasteiger partial charge on any atom is 0.270 e. The molecule has 0 bridgehead atoms. The van der Waals surface area contributed by atoms with E-state index >= 15 is 0 Å². The molecule has 0 saturated carbocycles. The number of benzene rings is 1. The number of anilines is 2. The van der Waals surface area contributed by atoms with Crippen molar-refractivity contribution in [1.82, 2.24) is 4.98 Å². The minimum absolute atomic E-state index is 0.0228. The van der Waals surface area contributed by atoms with Gasteiger partial charge in [0.05, 0.1) is 0 Å². The number of carbonyl (C=O) groups excluding carboxylic acids is 2. The van der Waals surface area contributed by atoms with Crippen molar-refractivity contribution < 1.29 is 14.3 Å². The van der Waals surface area contributed by atoms with E-state index in [-0.39, 0.29) is 5.69 Å². The molecule has 0 fully saturated rings. The lowest BCUT2D eigenvalue weighted by Gasteiger charge is -2.14. The number of rotatable bonds is 6. The van der Waals surface area contributed by atoms with Gasteiger partial charge in [-0.25, -0.2) is 4.98 Å². The average Bonchev–Trinajstić information content (AvgIpc) is 2.91. The summed E-state index contributed by atoms with van der Waals surface area (Å²) in [6, 6.07) is 8.99. The van der Waals surface area contributed by atoms with E-state index in [0.717, 1.165) is 11.3 Å². The van der Waals surface area contributed by atoms with Crippen LogP contribution in [0.3, 0.4) is 0 Å². The van der Waals surface area contributed by atoms with Crippen molar-refractivity contribution in [2.24, 2.45) is 5.73 Å². The van der Waals surface area contributed by atoms with Crippen LogP contribution in [-0.4, -0.2) is 29.9 Å². The molecule has 1 aromatic carbocycles. The van der Waals surface area contributed by atoms with Crippen molar-refractivity contribution in [3.63, 3.8) is 0 Å². The molecule has 0 radical (unpaired) electrons. The lowest BCUT2D eigenvalue weighted by molar-refractivity contribution is -0.122. The Balaban J connectivity index is 2.08. The summed E-state index contributed by atoms with van der Waals surface area (Å²) in [5, 5.41) is 6.20. The maximum atomic E-state index is 12.2. The number of hydrogen-bond donors (Lipinski definition) is 3. The fraction of sp³-hybridized carbons (Fsp3) is 0.214. The smallest absolute Gasteiger partial charge is 0.270 e. The van der Waals surface area contributed by atoms with Crippen LogP contribution >= 0.6 is 11.3 Å². The van der Waals surface area contributed by atoms with Gasteiger partial charge in [-0.05, 0) is 19.1 Å². The molecule has 116 valence electrons. The number of para-hydroxylation sites is 1. The van der Waals surface area contributed by atoms with Crippen LogP contribution in [0, 0.1) is 0 Å². The molecule has 7 nitrogen and oxygen atoms in total. The molecule has 1 atom stereocenters. The normalized spacial score (nSPS) is 11.5. The van der Waals surface area contributed by atoms with E-state index in [1.807, 2.05) is 18.2 Å². The largest absolute Gasteiger partial charge is 0.481 e. The second kappa shape index (κ2) is 6.90. The van der Waals surface area contributed by atoms with E-state index in [4.69, 9.17) is 10.5 Å². The Labute approximate surface area is 131 Å². The molecule has 2 aromatic rings. The first-order valence-corrected chi connectivity index (χ1v) is 7.34. The molecular weight excluding hydrogens is 304 g/mol. The van der Waals surface area contributed by atoms with Gasteiger partial charge in [0.15, 0.2) is 16.9 Å². The number of aromatic nitrogens is 1. The van der Waals surface area contributed by atoms with Gasteiger partial charge in [-0.3, -0.25) is 9.59 Å². The van der Waals surface area contributed by atoms with Gasteiger partial charge < -0.3 is 21.1 Å². The van der Waals surface area contributed by atoms with Crippen LogP contribution in [0.25, 0.3) is 0 Å². The summed E-state index contributed by atoms with van der Waals surface area (Å²) in [6.45, 7) is 1.62. The molecule has 2 rings (SSSR count). The molecule has 4 N–H and O–H groups in total. The summed E-state index contributed by atoms with van der Waals surface area (Å²) in [6.07, 6.45) is -0.733. The molecule has 1 heterocycles. The molecule has 2 amide bonds. The van der Waals surface area contributed by atoms with E-state index in [1.54, 1.807) is 26.1 Å². The summed E-state index contributed by atoms with van der Waals surface area (Å²) in [4.78, 5) is 27.5. The second-order valence-electron chi connectivity index (χ2n) is 4.37. The average molecular weight is 320 g/mol. The van der Waals surface area contributed by atoms with Gasteiger partial charge in [-0.1, -0.05) is 29.5 Å². The number of thiazole rings is 1. The van der Waals surface area contributed by atoms with Crippen molar-refractivity contribution in [2.75, 3.05) is 17.7 Å². The Hall–Kier alpha value is -2.61. The Kier molecular flexibility index (Phi) is 4.95. The molecule has 0 unspecified atom stereocenters.